The van der Waals surface area contributed by atoms with Crippen LogP contribution in [0.2, 0.25) is 0 Å². The van der Waals surface area contributed by atoms with Crippen LogP contribution in [0.1, 0.15) is 19.3 Å². The molecule has 0 aliphatic carbocycles. The summed E-state index contributed by atoms with van der Waals surface area (Å²) < 4.78 is 18.7. The molecule has 0 saturated carbocycles. The number of carbonyl (C=O) groups is 1. The van der Waals surface area contributed by atoms with Crippen molar-refractivity contribution in [3.8, 4) is 0 Å². The van der Waals surface area contributed by atoms with Gasteiger partial charge in [-0.2, -0.15) is 0 Å². The maximum absolute atomic E-state index is 12.9. The first-order chi connectivity index (χ1) is 11.7. The number of amides is 1. The van der Waals surface area contributed by atoms with Crippen molar-refractivity contribution in [1.82, 2.24) is 0 Å². The standard InChI is InChI=1S/C18H26FN3O2/c19-15-4-6-16(7-5-15)20-18(23)14-22-10-8-21(9-11-22)13-17-3-1-2-12-24-17/h4-7,17H,1-3,8-14H2,(H,20,23)/p+2/t17-/m0/s1. The molecule has 3 N–H and O–H groups in total. The molecule has 3 rings (SSSR count). The lowest BCUT2D eigenvalue weighted by atomic mass is 10.1. The largest absolute Gasteiger partial charge is 0.372 e. The molecule has 2 saturated heterocycles. The van der Waals surface area contributed by atoms with Gasteiger partial charge in [0.05, 0.1) is 0 Å². The number of anilines is 1. The number of benzene rings is 1. The average molecular weight is 337 g/mol. The van der Waals surface area contributed by atoms with Crippen LogP contribution in [0.15, 0.2) is 24.3 Å². The first kappa shape index (κ1) is 17.3. The van der Waals surface area contributed by atoms with Gasteiger partial charge in [0, 0.05) is 12.3 Å². The molecule has 1 aromatic rings. The molecule has 6 heteroatoms. The van der Waals surface area contributed by atoms with Crippen LogP contribution in [0.3, 0.4) is 0 Å². The highest BCUT2D eigenvalue weighted by molar-refractivity contribution is 5.91. The highest BCUT2D eigenvalue weighted by Gasteiger charge is 2.27. The fourth-order valence-electron chi connectivity index (χ4n) is 3.59. The minimum absolute atomic E-state index is 0.00401. The first-order valence-corrected chi connectivity index (χ1v) is 9.03. The van der Waals surface area contributed by atoms with Crippen LogP contribution >= 0.6 is 0 Å². The zero-order chi connectivity index (χ0) is 16.8. The molecule has 132 valence electrons. The fraction of sp³-hybridized carbons (Fsp3) is 0.611. The Hall–Kier alpha value is -1.50. The van der Waals surface area contributed by atoms with E-state index in [9.17, 15) is 9.18 Å². The van der Waals surface area contributed by atoms with E-state index in [1.54, 1.807) is 17.0 Å². The normalized spacial score (nSPS) is 27.6. The Labute approximate surface area is 142 Å². The highest BCUT2D eigenvalue weighted by Crippen LogP contribution is 2.10. The molecule has 0 aromatic heterocycles. The van der Waals surface area contributed by atoms with E-state index in [1.165, 1.54) is 36.3 Å². The molecule has 1 amide bonds. The van der Waals surface area contributed by atoms with E-state index in [0.29, 0.717) is 18.3 Å². The molecule has 2 heterocycles. The second-order valence-electron chi connectivity index (χ2n) is 6.92. The lowest BCUT2D eigenvalue weighted by Crippen LogP contribution is -3.28. The summed E-state index contributed by atoms with van der Waals surface area (Å²) in [7, 11) is 0. The van der Waals surface area contributed by atoms with E-state index in [2.05, 4.69) is 5.32 Å². The Bertz CT molecular complexity index is 524. The summed E-state index contributed by atoms with van der Waals surface area (Å²) >= 11 is 0. The third-order valence-electron chi connectivity index (χ3n) is 4.99. The Balaban J connectivity index is 1.37. The number of hydrogen-bond donors (Lipinski definition) is 3. The fourth-order valence-corrected chi connectivity index (χ4v) is 3.59. The number of carbonyl (C=O) groups excluding carboxylic acids is 1. The van der Waals surface area contributed by atoms with Gasteiger partial charge in [-0.25, -0.2) is 4.39 Å². The quantitative estimate of drug-likeness (QED) is 0.653. The summed E-state index contributed by atoms with van der Waals surface area (Å²) in [6.45, 7) is 6.72. The van der Waals surface area contributed by atoms with Gasteiger partial charge in [0.15, 0.2) is 6.54 Å². The Morgan fingerprint density at radius 2 is 1.83 bits per heavy atom. The molecule has 0 bridgehead atoms. The first-order valence-electron chi connectivity index (χ1n) is 9.03. The van der Waals surface area contributed by atoms with E-state index in [-0.39, 0.29) is 11.7 Å². The van der Waals surface area contributed by atoms with Crippen molar-refractivity contribution in [2.75, 3.05) is 51.2 Å². The van der Waals surface area contributed by atoms with E-state index in [4.69, 9.17) is 4.74 Å². The third kappa shape index (κ3) is 5.26. The summed E-state index contributed by atoms with van der Waals surface area (Å²) in [6.07, 6.45) is 4.11. The summed E-state index contributed by atoms with van der Waals surface area (Å²) in [5.41, 5.74) is 0.652. The number of nitrogens with one attached hydrogen (secondary N) is 3. The molecular weight excluding hydrogens is 309 g/mol. The van der Waals surface area contributed by atoms with Crippen molar-refractivity contribution in [1.29, 1.82) is 0 Å². The van der Waals surface area contributed by atoms with Gasteiger partial charge in [0.25, 0.3) is 5.91 Å². The molecule has 5 nitrogen and oxygen atoms in total. The summed E-state index contributed by atoms with van der Waals surface area (Å²) in [4.78, 5) is 15.0. The minimum atomic E-state index is -0.292. The van der Waals surface area contributed by atoms with Gasteiger partial charge < -0.3 is 19.9 Å². The molecule has 24 heavy (non-hydrogen) atoms. The Kier molecular flexibility index (Phi) is 6.18. The van der Waals surface area contributed by atoms with Gasteiger partial charge in [-0.05, 0) is 43.5 Å². The monoisotopic (exact) mass is 337 g/mol. The van der Waals surface area contributed by atoms with Crippen LogP contribution in [-0.2, 0) is 9.53 Å². The molecule has 2 aliphatic heterocycles. The van der Waals surface area contributed by atoms with E-state index < -0.39 is 0 Å². The summed E-state index contributed by atoms with van der Waals surface area (Å²) in [5.74, 6) is -0.296. The Morgan fingerprint density at radius 3 is 2.50 bits per heavy atom. The zero-order valence-corrected chi connectivity index (χ0v) is 14.2. The number of piperazine rings is 1. The molecule has 2 aliphatic rings. The van der Waals surface area contributed by atoms with Crippen LogP contribution in [0.4, 0.5) is 10.1 Å². The summed E-state index contributed by atoms with van der Waals surface area (Å²) in [6, 6.07) is 5.90. The second kappa shape index (κ2) is 8.55. The van der Waals surface area contributed by atoms with Crippen LogP contribution in [-0.4, -0.2) is 57.9 Å². The van der Waals surface area contributed by atoms with Gasteiger partial charge in [-0.3, -0.25) is 4.79 Å². The number of rotatable bonds is 5. The number of ether oxygens (including phenoxy) is 1. The molecule has 1 atom stereocenters. The summed E-state index contributed by atoms with van der Waals surface area (Å²) in [5, 5.41) is 2.84. The molecular formula is C18H28FN3O2+2. The van der Waals surface area contributed by atoms with Crippen molar-refractivity contribution in [2.45, 2.75) is 25.4 Å². The van der Waals surface area contributed by atoms with Crippen molar-refractivity contribution in [3.63, 3.8) is 0 Å². The molecule has 2 fully saturated rings. The van der Waals surface area contributed by atoms with Gasteiger partial charge in [0.2, 0.25) is 0 Å². The zero-order valence-electron chi connectivity index (χ0n) is 14.2. The van der Waals surface area contributed by atoms with Crippen LogP contribution in [0.25, 0.3) is 0 Å². The Morgan fingerprint density at radius 1 is 1.12 bits per heavy atom. The van der Waals surface area contributed by atoms with Crippen LogP contribution < -0.4 is 15.1 Å². The predicted octanol–water partition coefficient (Wildman–Crippen LogP) is -0.883. The SMILES string of the molecule is O=C(C[NH+]1CC[NH+](C[C@@H]2CCCCO2)CC1)Nc1ccc(F)cc1. The van der Waals surface area contributed by atoms with E-state index in [1.807, 2.05) is 0 Å². The minimum Gasteiger partial charge on any atom is -0.372 e. The smallest absolute Gasteiger partial charge is 0.279 e. The van der Waals surface area contributed by atoms with Gasteiger partial charge >= 0.3 is 0 Å². The average Bonchev–Trinajstić information content (AvgIpc) is 2.60. The van der Waals surface area contributed by atoms with Crippen LogP contribution in [0, 0.1) is 5.82 Å². The van der Waals surface area contributed by atoms with Crippen molar-refractivity contribution in [2.24, 2.45) is 0 Å². The highest BCUT2D eigenvalue weighted by atomic mass is 19.1. The molecule has 1 aromatic carbocycles. The lowest BCUT2D eigenvalue weighted by molar-refractivity contribution is -1.01. The van der Waals surface area contributed by atoms with E-state index in [0.717, 1.165) is 39.3 Å². The third-order valence-corrected chi connectivity index (χ3v) is 4.99. The maximum atomic E-state index is 12.9. The lowest BCUT2D eigenvalue weighted by Gasteiger charge is -2.32. The van der Waals surface area contributed by atoms with Gasteiger partial charge in [-0.1, -0.05) is 0 Å². The van der Waals surface area contributed by atoms with Crippen molar-refractivity contribution >= 4 is 11.6 Å². The number of halogens is 1. The van der Waals surface area contributed by atoms with E-state index >= 15 is 0 Å². The van der Waals surface area contributed by atoms with Gasteiger partial charge in [0.1, 0.15) is 44.6 Å². The van der Waals surface area contributed by atoms with Crippen molar-refractivity contribution < 1.29 is 23.7 Å². The molecule has 0 radical (unpaired) electrons. The number of hydrogen-bond acceptors (Lipinski definition) is 2. The van der Waals surface area contributed by atoms with Crippen LogP contribution in [0.5, 0.6) is 0 Å². The van der Waals surface area contributed by atoms with Crippen molar-refractivity contribution in [3.05, 3.63) is 30.1 Å². The molecule has 0 spiro atoms. The van der Waals surface area contributed by atoms with Gasteiger partial charge in [-0.15, -0.1) is 0 Å². The predicted molar refractivity (Wildman–Crippen MR) is 89.7 cm³/mol. The molecule has 0 unspecified atom stereocenters. The maximum Gasteiger partial charge on any atom is 0.279 e. The second-order valence-corrected chi connectivity index (χ2v) is 6.92. The topological polar surface area (TPSA) is 47.2 Å². The number of quaternary nitrogens is 2.